The summed E-state index contributed by atoms with van der Waals surface area (Å²) < 4.78 is 19.9. The third kappa shape index (κ3) is 5.37. The number of esters is 2. The van der Waals surface area contributed by atoms with E-state index < -0.39 is 29.9 Å². The van der Waals surface area contributed by atoms with Crippen LogP contribution in [-0.4, -0.2) is 70.0 Å². The quantitative estimate of drug-likeness (QED) is 0.214. The molecule has 3 aliphatic heterocycles. The zero-order valence-corrected chi connectivity index (χ0v) is 24.2. The average molecular weight is 574 g/mol. The smallest absolute Gasteiger partial charge is 0.348 e. The Morgan fingerprint density at radius 1 is 1.00 bits per heavy atom. The van der Waals surface area contributed by atoms with Crippen LogP contribution >= 0.6 is 0 Å². The summed E-state index contributed by atoms with van der Waals surface area (Å²) in [7, 11) is 0. The number of carbonyl (C=O) groups is 2. The Balaban J connectivity index is 1.26. The van der Waals surface area contributed by atoms with Crippen molar-refractivity contribution in [1.82, 2.24) is 9.97 Å². The SMILES string of the molecule is C[C@@H](OC(=O)[C@@H](N)Cc1cnc[nH]1)OC(C(=O)OC1CC2CCC(C1)[N+]21CCCC1)(c1ccccc1)c1ccccc1. The van der Waals surface area contributed by atoms with Crippen molar-refractivity contribution in [2.45, 2.75) is 88.0 Å². The first-order valence-electron chi connectivity index (χ1n) is 15.2. The molecule has 0 amide bonds. The number of nitrogens with one attached hydrogen (secondary N) is 1. The van der Waals surface area contributed by atoms with E-state index >= 15 is 0 Å². The maximum Gasteiger partial charge on any atom is 0.348 e. The molecule has 6 rings (SSSR count). The Hall–Kier alpha value is -3.53. The topological polar surface area (TPSA) is 117 Å². The van der Waals surface area contributed by atoms with Crippen molar-refractivity contribution >= 4 is 11.9 Å². The molecule has 9 heteroatoms. The van der Waals surface area contributed by atoms with Crippen molar-refractivity contribution in [3.8, 4) is 0 Å². The van der Waals surface area contributed by atoms with Gasteiger partial charge in [0, 0.05) is 56.8 Å². The molecule has 4 heterocycles. The van der Waals surface area contributed by atoms with Crippen molar-refractivity contribution in [1.29, 1.82) is 0 Å². The lowest BCUT2D eigenvalue weighted by atomic mass is 9.85. The minimum Gasteiger partial charge on any atom is -0.459 e. The Morgan fingerprint density at radius 2 is 1.60 bits per heavy atom. The number of nitrogens with zero attached hydrogens (tertiary/aromatic N) is 2. The number of imidazole rings is 1. The van der Waals surface area contributed by atoms with Gasteiger partial charge in [-0.3, -0.25) is 4.79 Å². The van der Waals surface area contributed by atoms with E-state index in [4.69, 9.17) is 19.9 Å². The van der Waals surface area contributed by atoms with Gasteiger partial charge in [-0.05, 0) is 18.1 Å². The number of rotatable bonds is 10. The number of hydrogen-bond donors (Lipinski definition) is 2. The molecule has 3 aliphatic rings. The van der Waals surface area contributed by atoms with Crippen molar-refractivity contribution in [2.75, 3.05) is 13.1 Å². The Kier molecular flexibility index (Phi) is 8.16. The van der Waals surface area contributed by atoms with Crippen LogP contribution in [0.15, 0.2) is 73.2 Å². The van der Waals surface area contributed by atoms with Gasteiger partial charge in [-0.1, -0.05) is 60.7 Å². The van der Waals surface area contributed by atoms with Crippen LogP contribution in [0.1, 0.15) is 62.3 Å². The van der Waals surface area contributed by atoms with Crippen LogP contribution in [0.25, 0.3) is 0 Å². The molecule has 3 aromatic rings. The number of nitrogens with two attached hydrogens (primary N) is 1. The van der Waals surface area contributed by atoms with Crippen molar-refractivity contribution in [3.63, 3.8) is 0 Å². The lowest BCUT2D eigenvalue weighted by Crippen LogP contribution is -2.60. The molecule has 0 aliphatic carbocycles. The van der Waals surface area contributed by atoms with Gasteiger partial charge >= 0.3 is 11.9 Å². The zero-order chi connectivity index (χ0) is 29.2. The summed E-state index contributed by atoms with van der Waals surface area (Å²) in [6.45, 7) is 4.11. The van der Waals surface area contributed by atoms with Crippen LogP contribution in [0.4, 0.5) is 0 Å². The summed E-state index contributed by atoms with van der Waals surface area (Å²) in [5.41, 5.74) is 6.42. The van der Waals surface area contributed by atoms with E-state index in [0.29, 0.717) is 23.2 Å². The maximum atomic E-state index is 14.5. The van der Waals surface area contributed by atoms with Crippen molar-refractivity contribution in [2.24, 2.45) is 5.73 Å². The fourth-order valence-electron chi connectivity index (χ4n) is 7.71. The number of hydrogen-bond acceptors (Lipinski definition) is 7. The average Bonchev–Trinajstić information content (AvgIpc) is 3.74. The first-order chi connectivity index (χ1) is 20.4. The summed E-state index contributed by atoms with van der Waals surface area (Å²) >= 11 is 0. The molecule has 2 bridgehead atoms. The van der Waals surface area contributed by atoms with Gasteiger partial charge < -0.3 is 29.4 Å². The maximum absolute atomic E-state index is 14.5. The number of carbonyl (C=O) groups excluding carboxylic acids is 2. The van der Waals surface area contributed by atoms with Crippen LogP contribution in [0.2, 0.25) is 0 Å². The molecule has 42 heavy (non-hydrogen) atoms. The number of benzene rings is 2. The summed E-state index contributed by atoms with van der Waals surface area (Å²) in [4.78, 5) is 34.4. The molecule has 3 fully saturated rings. The molecule has 9 nitrogen and oxygen atoms in total. The van der Waals surface area contributed by atoms with E-state index in [2.05, 4.69) is 9.97 Å². The molecule has 1 spiro atoms. The third-order valence-electron chi connectivity index (χ3n) is 9.60. The number of aromatic amines is 1. The second kappa shape index (κ2) is 12.0. The highest BCUT2D eigenvalue weighted by Crippen LogP contribution is 2.47. The highest BCUT2D eigenvalue weighted by atomic mass is 16.7. The molecule has 0 radical (unpaired) electrons. The molecule has 3 saturated heterocycles. The van der Waals surface area contributed by atoms with Gasteiger partial charge in [0.1, 0.15) is 12.1 Å². The van der Waals surface area contributed by atoms with Crippen molar-refractivity contribution < 1.29 is 28.3 Å². The predicted octanol–water partition coefficient (Wildman–Crippen LogP) is 3.98. The monoisotopic (exact) mass is 573 g/mol. The predicted molar refractivity (Wildman–Crippen MR) is 156 cm³/mol. The van der Waals surface area contributed by atoms with E-state index in [1.54, 1.807) is 13.1 Å². The number of H-pyrrole nitrogens is 1. The van der Waals surface area contributed by atoms with E-state index in [0.717, 1.165) is 18.5 Å². The molecule has 1 aromatic heterocycles. The molecule has 4 atom stereocenters. The van der Waals surface area contributed by atoms with E-state index in [1.165, 1.54) is 49.6 Å². The first kappa shape index (κ1) is 28.6. The minimum atomic E-state index is -1.65. The second-order valence-corrected chi connectivity index (χ2v) is 12.1. The van der Waals surface area contributed by atoms with Gasteiger partial charge in [0.2, 0.25) is 11.9 Å². The molecule has 2 aromatic carbocycles. The fourth-order valence-corrected chi connectivity index (χ4v) is 7.71. The highest BCUT2D eigenvalue weighted by molar-refractivity contribution is 5.86. The Bertz CT molecular complexity index is 1290. The van der Waals surface area contributed by atoms with Gasteiger partial charge in [0.05, 0.1) is 31.5 Å². The van der Waals surface area contributed by atoms with Crippen LogP contribution in [0.3, 0.4) is 0 Å². The summed E-state index contributed by atoms with van der Waals surface area (Å²) in [5.74, 6) is -1.13. The second-order valence-electron chi connectivity index (χ2n) is 12.1. The lowest BCUT2D eigenvalue weighted by molar-refractivity contribution is -0.956. The molecular weight excluding hydrogens is 532 g/mol. The largest absolute Gasteiger partial charge is 0.459 e. The summed E-state index contributed by atoms with van der Waals surface area (Å²) in [6, 6.07) is 18.8. The molecule has 222 valence electrons. The molecule has 2 unspecified atom stereocenters. The fraction of sp³-hybridized carbons (Fsp3) is 0.485. The lowest BCUT2D eigenvalue weighted by Gasteiger charge is -2.47. The van der Waals surface area contributed by atoms with Gasteiger partial charge in [0.25, 0.3) is 0 Å². The molecular formula is C33H41N4O5+. The number of aromatic nitrogens is 2. The zero-order valence-electron chi connectivity index (χ0n) is 24.2. The van der Waals surface area contributed by atoms with Crippen LogP contribution in [0.5, 0.6) is 0 Å². The molecule has 3 N–H and O–H groups in total. The van der Waals surface area contributed by atoms with E-state index in [1.807, 2.05) is 60.7 Å². The third-order valence-corrected chi connectivity index (χ3v) is 9.60. The first-order valence-corrected chi connectivity index (χ1v) is 15.2. The Morgan fingerprint density at radius 3 is 2.14 bits per heavy atom. The van der Waals surface area contributed by atoms with Gasteiger partial charge in [-0.2, -0.15) is 0 Å². The van der Waals surface area contributed by atoms with Gasteiger partial charge in [-0.15, -0.1) is 0 Å². The summed E-state index contributed by atoms with van der Waals surface area (Å²) in [5, 5.41) is 0. The summed E-state index contributed by atoms with van der Waals surface area (Å²) in [6.07, 6.45) is 8.82. The van der Waals surface area contributed by atoms with Gasteiger partial charge in [-0.25, -0.2) is 9.78 Å². The minimum absolute atomic E-state index is 0.185. The standard InChI is InChI=1S/C33H41N4O5/c1-23(40-31(38)30(34)18-26-21-35-22-36-26)42-33(24-10-4-2-5-11-24,25-12-6-3-7-13-25)32(39)41-29-19-27-14-15-28(20-29)37(27)16-8-9-17-37/h2-7,10-13,21-23,27-30H,8-9,14-20,34H2,1H3,(H,35,36)/q+1/t23-,27?,28?,29?,30-/m0/s1. The van der Waals surface area contributed by atoms with E-state index in [9.17, 15) is 9.59 Å². The van der Waals surface area contributed by atoms with Crippen LogP contribution < -0.4 is 5.73 Å². The number of quaternary nitrogens is 1. The molecule has 0 saturated carbocycles. The van der Waals surface area contributed by atoms with Crippen LogP contribution in [0, 0.1) is 0 Å². The number of piperidine rings is 1. The van der Waals surface area contributed by atoms with Crippen molar-refractivity contribution in [3.05, 3.63) is 90.0 Å². The number of ether oxygens (including phenoxy) is 3. The van der Waals surface area contributed by atoms with E-state index in [-0.39, 0.29) is 12.5 Å². The van der Waals surface area contributed by atoms with Gasteiger partial charge in [0.15, 0.2) is 0 Å². The Labute approximate surface area is 246 Å². The van der Waals surface area contributed by atoms with Crippen LogP contribution in [-0.2, 0) is 35.8 Å². The normalized spacial score (nSPS) is 24.3. The highest BCUT2D eigenvalue weighted by Gasteiger charge is 2.57.